The molecule has 0 atom stereocenters. The molecule has 0 fully saturated rings. The average molecular weight is 448 g/mol. The SMILES string of the molecule is Cc1ccc(NC(=O)c2ccc(C)c([N+](=O)[O-])c2)c(NC(=O)c2ccc(C)c([N+](=O)[O-])c2)c1. The second-order valence-corrected chi connectivity index (χ2v) is 7.47. The van der Waals surface area contributed by atoms with Gasteiger partial charge in [-0.15, -0.1) is 0 Å². The van der Waals surface area contributed by atoms with E-state index < -0.39 is 21.7 Å². The van der Waals surface area contributed by atoms with Gasteiger partial charge in [-0.2, -0.15) is 0 Å². The molecule has 0 heterocycles. The summed E-state index contributed by atoms with van der Waals surface area (Å²) in [6, 6.07) is 13.2. The van der Waals surface area contributed by atoms with Crippen LogP contribution in [0.2, 0.25) is 0 Å². The summed E-state index contributed by atoms with van der Waals surface area (Å²) in [5, 5.41) is 27.7. The molecule has 0 saturated heterocycles. The van der Waals surface area contributed by atoms with Gasteiger partial charge < -0.3 is 10.6 Å². The Kier molecular flexibility index (Phi) is 6.48. The fourth-order valence-corrected chi connectivity index (χ4v) is 3.15. The maximum absolute atomic E-state index is 12.8. The Hall–Kier alpha value is -4.60. The van der Waals surface area contributed by atoms with Crippen molar-refractivity contribution in [1.29, 1.82) is 0 Å². The van der Waals surface area contributed by atoms with Crippen molar-refractivity contribution in [3.05, 3.63) is 103 Å². The summed E-state index contributed by atoms with van der Waals surface area (Å²) < 4.78 is 0. The molecule has 168 valence electrons. The van der Waals surface area contributed by atoms with Gasteiger partial charge in [-0.1, -0.05) is 18.2 Å². The van der Waals surface area contributed by atoms with Crippen LogP contribution >= 0.6 is 0 Å². The van der Waals surface area contributed by atoms with Gasteiger partial charge in [0.1, 0.15) is 0 Å². The first-order valence-corrected chi connectivity index (χ1v) is 9.80. The number of amides is 2. The fraction of sp³-hybridized carbons (Fsp3) is 0.130. The Balaban J connectivity index is 1.88. The molecule has 33 heavy (non-hydrogen) atoms. The van der Waals surface area contributed by atoms with E-state index in [-0.39, 0.29) is 33.9 Å². The van der Waals surface area contributed by atoms with E-state index in [9.17, 15) is 29.8 Å². The number of nitrogens with zero attached hydrogens (tertiary/aromatic N) is 2. The largest absolute Gasteiger partial charge is 0.320 e. The zero-order valence-corrected chi connectivity index (χ0v) is 18.0. The van der Waals surface area contributed by atoms with E-state index in [0.29, 0.717) is 11.1 Å². The molecule has 0 aliphatic rings. The quantitative estimate of drug-likeness (QED) is 0.404. The highest BCUT2D eigenvalue weighted by atomic mass is 16.6. The van der Waals surface area contributed by atoms with Gasteiger partial charge in [0.15, 0.2) is 0 Å². The molecule has 10 heteroatoms. The summed E-state index contributed by atoms with van der Waals surface area (Å²) in [5.74, 6) is -1.19. The van der Waals surface area contributed by atoms with Crippen LogP contribution in [0.1, 0.15) is 37.4 Å². The van der Waals surface area contributed by atoms with Crippen molar-refractivity contribution < 1.29 is 19.4 Å². The van der Waals surface area contributed by atoms with E-state index in [1.54, 1.807) is 39.0 Å². The van der Waals surface area contributed by atoms with E-state index >= 15 is 0 Å². The maximum Gasteiger partial charge on any atom is 0.273 e. The van der Waals surface area contributed by atoms with Crippen LogP contribution < -0.4 is 10.6 Å². The van der Waals surface area contributed by atoms with Crippen molar-refractivity contribution in [2.24, 2.45) is 0 Å². The van der Waals surface area contributed by atoms with E-state index in [1.165, 1.54) is 36.4 Å². The number of benzene rings is 3. The number of nitrogens with one attached hydrogen (secondary N) is 2. The molecule has 3 aromatic rings. The minimum atomic E-state index is -0.594. The first-order valence-electron chi connectivity index (χ1n) is 9.80. The molecule has 0 aromatic heterocycles. The minimum absolute atomic E-state index is 0.0827. The molecule has 0 saturated carbocycles. The number of nitro groups is 2. The molecule has 2 amide bonds. The first kappa shape index (κ1) is 23.1. The van der Waals surface area contributed by atoms with Crippen molar-refractivity contribution in [3.63, 3.8) is 0 Å². The number of hydrogen-bond acceptors (Lipinski definition) is 6. The number of aryl methyl sites for hydroxylation is 3. The van der Waals surface area contributed by atoms with Gasteiger partial charge in [0.25, 0.3) is 23.2 Å². The van der Waals surface area contributed by atoms with Gasteiger partial charge in [-0.3, -0.25) is 29.8 Å². The molecule has 10 nitrogen and oxygen atoms in total. The predicted octanol–water partition coefficient (Wildman–Crippen LogP) is 4.93. The van der Waals surface area contributed by atoms with Crippen molar-refractivity contribution in [2.75, 3.05) is 10.6 Å². The summed E-state index contributed by atoms with van der Waals surface area (Å²) in [4.78, 5) is 46.7. The molecule has 0 spiro atoms. The van der Waals surface area contributed by atoms with E-state index in [2.05, 4.69) is 10.6 Å². The van der Waals surface area contributed by atoms with Crippen molar-refractivity contribution in [3.8, 4) is 0 Å². The standard InChI is InChI=1S/C23H20N4O6/c1-13-4-9-18(24-22(28)16-7-5-14(2)20(11-16)26(30)31)19(10-13)25-23(29)17-8-6-15(3)21(12-17)27(32)33/h4-12H,1-3H3,(H,24,28)(H,25,29). The van der Waals surface area contributed by atoms with Crippen LogP contribution in [0.4, 0.5) is 22.7 Å². The van der Waals surface area contributed by atoms with Crippen LogP contribution in [0, 0.1) is 41.0 Å². The highest BCUT2D eigenvalue weighted by Crippen LogP contribution is 2.27. The smallest absolute Gasteiger partial charge is 0.273 e. The Morgan fingerprint density at radius 3 is 1.58 bits per heavy atom. The number of carbonyl (C=O) groups is 2. The molecule has 0 bridgehead atoms. The Bertz CT molecular complexity index is 1300. The van der Waals surface area contributed by atoms with Gasteiger partial charge >= 0.3 is 0 Å². The summed E-state index contributed by atoms with van der Waals surface area (Å²) in [6.45, 7) is 4.94. The van der Waals surface area contributed by atoms with Crippen LogP contribution in [0.5, 0.6) is 0 Å². The third kappa shape index (κ3) is 5.18. The molecule has 0 aliphatic carbocycles. The van der Waals surface area contributed by atoms with Crippen LogP contribution in [0.25, 0.3) is 0 Å². The summed E-state index contributed by atoms with van der Waals surface area (Å²) in [7, 11) is 0. The normalized spacial score (nSPS) is 10.4. The van der Waals surface area contributed by atoms with Crippen LogP contribution in [-0.4, -0.2) is 21.7 Å². The second-order valence-electron chi connectivity index (χ2n) is 7.47. The van der Waals surface area contributed by atoms with E-state index in [1.807, 2.05) is 0 Å². The number of anilines is 2. The molecule has 0 radical (unpaired) electrons. The van der Waals surface area contributed by atoms with Crippen LogP contribution in [-0.2, 0) is 0 Å². The maximum atomic E-state index is 12.8. The van der Waals surface area contributed by atoms with Gasteiger partial charge in [-0.05, 0) is 50.6 Å². The monoisotopic (exact) mass is 448 g/mol. The fourth-order valence-electron chi connectivity index (χ4n) is 3.15. The van der Waals surface area contributed by atoms with Gasteiger partial charge in [0.2, 0.25) is 0 Å². The lowest BCUT2D eigenvalue weighted by Gasteiger charge is -2.14. The summed E-state index contributed by atoms with van der Waals surface area (Å²) >= 11 is 0. The highest BCUT2D eigenvalue weighted by Gasteiger charge is 2.18. The lowest BCUT2D eigenvalue weighted by atomic mass is 10.1. The molecule has 0 aliphatic heterocycles. The lowest BCUT2D eigenvalue weighted by molar-refractivity contribution is -0.385. The first-order chi connectivity index (χ1) is 15.6. The van der Waals surface area contributed by atoms with Gasteiger partial charge in [-0.25, -0.2) is 0 Å². The highest BCUT2D eigenvalue weighted by molar-refractivity contribution is 6.10. The summed E-state index contributed by atoms with van der Waals surface area (Å²) in [5.41, 5.74) is 1.99. The molecule has 3 rings (SSSR count). The van der Waals surface area contributed by atoms with Crippen molar-refractivity contribution in [2.45, 2.75) is 20.8 Å². The van der Waals surface area contributed by atoms with Crippen LogP contribution in [0.3, 0.4) is 0 Å². The zero-order valence-electron chi connectivity index (χ0n) is 18.0. The van der Waals surface area contributed by atoms with E-state index in [4.69, 9.17) is 0 Å². The zero-order chi connectivity index (χ0) is 24.3. The topological polar surface area (TPSA) is 144 Å². The number of rotatable bonds is 6. The summed E-state index contributed by atoms with van der Waals surface area (Å²) in [6.07, 6.45) is 0. The third-order valence-corrected chi connectivity index (χ3v) is 5.01. The van der Waals surface area contributed by atoms with Gasteiger partial charge in [0.05, 0.1) is 21.2 Å². The van der Waals surface area contributed by atoms with Crippen molar-refractivity contribution >= 4 is 34.6 Å². The van der Waals surface area contributed by atoms with E-state index in [0.717, 1.165) is 5.56 Å². The molecule has 2 N–H and O–H groups in total. The molecule has 0 unspecified atom stereocenters. The molecular weight excluding hydrogens is 428 g/mol. The van der Waals surface area contributed by atoms with Crippen molar-refractivity contribution in [1.82, 2.24) is 0 Å². The third-order valence-electron chi connectivity index (χ3n) is 5.01. The predicted molar refractivity (Wildman–Crippen MR) is 123 cm³/mol. The van der Waals surface area contributed by atoms with Crippen LogP contribution in [0.15, 0.2) is 54.6 Å². The molecular formula is C23H20N4O6. The number of hydrogen-bond donors (Lipinski definition) is 2. The Morgan fingerprint density at radius 2 is 1.12 bits per heavy atom. The molecule has 3 aromatic carbocycles. The minimum Gasteiger partial charge on any atom is -0.320 e. The number of nitro benzene ring substituents is 2. The average Bonchev–Trinajstić information content (AvgIpc) is 2.75. The lowest BCUT2D eigenvalue weighted by Crippen LogP contribution is -2.17. The number of carbonyl (C=O) groups excluding carboxylic acids is 2. The Morgan fingerprint density at radius 1 is 0.667 bits per heavy atom. The van der Waals surface area contributed by atoms with Gasteiger partial charge in [0, 0.05) is 34.4 Å². The Labute approximate surface area is 188 Å². The second kappa shape index (κ2) is 9.27.